The number of ether oxygens (including phenoxy) is 1. The number of nitrogens with zero attached hydrogens (tertiary/aromatic N) is 4. The second-order valence-corrected chi connectivity index (χ2v) is 7.24. The second kappa shape index (κ2) is 7.72. The Morgan fingerprint density at radius 2 is 2.00 bits per heavy atom. The Morgan fingerprint density at radius 1 is 1.27 bits per heavy atom. The highest BCUT2D eigenvalue weighted by Gasteiger charge is 2.51. The van der Waals surface area contributed by atoms with E-state index >= 15 is 0 Å². The molecule has 2 amide bonds. The molecule has 0 saturated heterocycles. The summed E-state index contributed by atoms with van der Waals surface area (Å²) >= 11 is 0. The lowest BCUT2D eigenvalue weighted by Crippen LogP contribution is -2.44. The number of benzene rings is 1. The van der Waals surface area contributed by atoms with Crippen LogP contribution in [0.5, 0.6) is 5.88 Å². The molecular formula is C19H15F4N7O3. The lowest BCUT2D eigenvalue weighted by molar-refractivity contribution is -0.131. The van der Waals surface area contributed by atoms with Gasteiger partial charge in [0.2, 0.25) is 17.7 Å². The number of hydrogen-bond acceptors (Lipinski definition) is 7. The lowest BCUT2D eigenvalue weighted by atomic mass is 9.84. The molecule has 0 spiro atoms. The molecule has 3 heterocycles. The van der Waals surface area contributed by atoms with Crippen molar-refractivity contribution in [2.45, 2.75) is 25.5 Å². The van der Waals surface area contributed by atoms with Gasteiger partial charge < -0.3 is 21.5 Å². The fourth-order valence-electron chi connectivity index (χ4n) is 3.38. The van der Waals surface area contributed by atoms with E-state index in [2.05, 4.69) is 25.1 Å². The highest BCUT2D eigenvalue weighted by molar-refractivity contribution is 6.20. The summed E-state index contributed by atoms with van der Waals surface area (Å²) in [6.07, 6.45) is 0. The molecule has 0 bridgehead atoms. The van der Waals surface area contributed by atoms with Crippen molar-refractivity contribution >= 4 is 23.5 Å². The number of nitrogens with one attached hydrogen (secondary N) is 1. The number of carbonyl (C=O) groups is 2. The number of halogens is 4. The van der Waals surface area contributed by atoms with E-state index in [0.717, 1.165) is 22.9 Å². The first kappa shape index (κ1) is 22.0. The van der Waals surface area contributed by atoms with Crippen molar-refractivity contribution in [3.8, 4) is 17.4 Å². The Labute approximate surface area is 182 Å². The van der Waals surface area contributed by atoms with Crippen LogP contribution in [0.25, 0.3) is 11.5 Å². The van der Waals surface area contributed by atoms with E-state index in [4.69, 9.17) is 11.5 Å². The van der Waals surface area contributed by atoms with Gasteiger partial charge in [0.15, 0.2) is 11.2 Å². The monoisotopic (exact) mass is 465 g/mol. The van der Waals surface area contributed by atoms with Crippen LogP contribution in [0.1, 0.15) is 18.1 Å². The maximum absolute atomic E-state index is 14.0. The van der Waals surface area contributed by atoms with Gasteiger partial charge in [0.1, 0.15) is 29.0 Å². The van der Waals surface area contributed by atoms with Gasteiger partial charge in [-0.15, -0.1) is 0 Å². The summed E-state index contributed by atoms with van der Waals surface area (Å²) < 4.78 is 58.4. The van der Waals surface area contributed by atoms with Crippen LogP contribution in [0, 0.1) is 11.6 Å². The number of nitrogen functional groups attached to an aromatic ring is 1. The molecule has 2 aromatic heterocycles. The van der Waals surface area contributed by atoms with Gasteiger partial charge in [-0.1, -0.05) is 6.07 Å². The van der Waals surface area contributed by atoms with Gasteiger partial charge in [0.25, 0.3) is 0 Å². The molecule has 33 heavy (non-hydrogen) atoms. The van der Waals surface area contributed by atoms with Crippen LogP contribution in [0.3, 0.4) is 0 Å². The summed E-state index contributed by atoms with van der Waals surface area (Å²) in [7, 11) is 0. The predicted molar refractivity (Wildman–Crippen MR) is 105 cm³/mol. The Hall–Kier alpha value is -4.23. The van der Waals surface area contributed by atoms with E-state index < -0.39 is 41.4 Å². The van der Waals surface area contributed by atoms with Gasteiger partial charge in [-0.2, -0.15) is 13.9 Å². The molecule has 0 fully saturated rings. The van der Waals surface area contributed by atoms with Gasteiger partial charge in [0.05, 0.1) is 12.1 Å². The molecule has 1 unspecified atom stereocenters. The quantitative estimate of drug-likeness (QED) is 0.369. The first-order valence-electron chi connectivity index (χ1n) is 9.27. The molecule has 0 saturated carbocycles. The highest BCUT2D eigenvalue weighted by Crippen LogP contribution is 2.40. The van der Waals surface area contributed by atoms with Crippen LogP contribution in [0.2, 0.25) is 0 Å². The van der Waals surface area contributed by atoms with Crippen molar-refractivity contribution in [3.63, 3.8) is 0 Å². The number of anilines is 2. The van der Waals surface area contributed by atoms with Gasteiger partial charge in [-0.05, 0) is 13.0 Å². The van der Waals surface area contributed by atoms with Gasteiger partial charge >= 0.3 is 6.61 Å². The molecule has 10 nitrogen and oxygen atoms in total. The number of primary amides is 1. The molecule has 172 valence electrons. The molecule has 1 aliphatic heterocycles. The maximum atomic E-state index is 14.0. The third-order valence-electron chi connectivity index (χ3n) is 5.13. The molecule has 1 aliphatic rings. The first-order valence-corrected chi connectivity index (χ1v) is 9.27. The standard InChI is InChI=1S/C19H15F4N7O3/c1-19(16(25)31)12-13(24)26-14(27-15(12)28-17(19)32)10-5-11(33-18(22)23)30(29-10)6-7-2-3-8(20)4-9(7)21/h2-5,18H,6H2,1H3,(H2,25,31)(H3,24,26,27,28,32). The van der Waals surface area contributed by atoms with Crippen molar-refractivity contribution in [1.82, 2.24) is 19.7 Å². The van der Waals surface area contributed by atoms with E-state index in [9.17, 15) is 27.2 Å². The summed E-state index contributed by atoms with van der Waals surface area (Å²) in [6.45, 7) is -2.35. The van der Waals surface area contributed by atoms with Gasteiger partial charge in [0, 0.05) is 17.7 Å². The van der Waals surface area contributed by atoms with Crippen molar-refractivity contribution < 1.29 is 31.9 Å². The van der Waals surface area contributed by atoms with E-state index in [1.165, 1.54) is 6.92 Å². The number of rotatable bonds is 6. The SMILES string of the molecule is CC1(C(N)=O)C(=O)Nc2nc(-c3cc(OC(F)F)n(Cc4ccc(F)cc4F)n3)nc(N)c21. The third kappa shape index (κ3) is 3.68. The molecule has 0 radical (unpaired) electrons. The van der Waals surface area contributed by atoms with Crippen LogP contribution in [-0.4, -0.2) is 38.2 Å². The fourth-order valence-corrected chi connectivity index (χ4v) is 3.38. The lowest BCUT2D eigenvalue weighted by Gasteiger charge is -2.18. The van der Waals surface area contributed by atoms with Crippen LogP contribution >= 0.6 is 0 Å². The molecule has 0 aliphatic carbocycles. The number of amides is 2. The van der Waals surface area contributed by atoms with E-state index in [-0.39, 0.29) is 40.8 Å². The smallest absolute Gasteiger partial charge is 0.388 e. The number of aromatic nitrogens is 4. The van der Waals surface area contributed by atoms with Crippen molar-refractivity contribution in [2.75, 3.05) is 11.1 Å². The van der Waals surface area contributed by atoms with Crippen molar-refractivity contribution in [3.05, 3.63) is 47.0 Å². The zero-order chi connectivity index (χ0) is 24.1. The number of nitrogens with two attached hydrogens (primary N) is 2. The first-order chi connectivity index (χ1) is 15.5. The number of hydrogen-bond donors (Lipinski definition) is 3. The molecular weight excluding hydrogens is 450 g/mol. The number of carbonyl (C=O) groups excluding carboxylic acids is 2. The molecule has 14 heteroatoms. The van der Waals surface area contributed by atoms with Gasteiger partial charge in [-0.3, -0.25) is 9.59 Å². The number of alkyl halides is 2. The Bertz CT molecular complexity index is 1300. The summed E-state index contributed by atoms with van der Waals surface area (Å²) in [5.74, 6) is -4.48. The summed E-state index contributed by atoms with van der Waals surface area (Å²) in [5, 5.41) is 6.45. The normalized spacial score (nSPS) is 17.2. The molecule has 3 aromatic rings. The van der Waals surface area contributed by atoms with Crippen LogP contribution in [0.15, 0.2) is 24.3 Å². The van der Waals surface area contributed by atoms with Crippen LogP contribution in [0.4, 0.5) is 29.2 Å². The van der Waals surface area contributed by atoms with Gasteiger partial charge in [-0.25, -0.2) is 23.4 Å². The number of fused-ring (bicyclic) bond motifs is 1. The van der Waals surface area contributed by atoms with Crippen LogP contribution in [-0.2, 0) is 21.5 Å². The molecule has 1 atom stereocenters. The van der Waals surface area contributed by atoms with Crippen LogP contribution < -0.4 is 21.5 Å². The summed E-state index contributed by atoms with van der Waals surface area (Å²) in [6, 6.07) is 3.82. The topological polar surface area (TPSA) is 151 Å². The minimum Gasteiger partial charge on any atom is -0.417 e. The highest BCUT2D eigenvalue weighted by atomic mass is 19.3. The second-order valence-electron chi connectivity index (χ2n) is 7.24. The molecule has 4 rings (SSSR count). The fraction of sp³-hybridized carbons (Fsp3) is 0.211. The predicted octanol–water partition coefficient (Wildman–Crippen LogP) is 1.55. The molecule has 5 N–H and O–H groups in total. The minimum atomic E-state index is -3.23. The summed E-state index contributed by atoms with van der Waals surface area (Å²) in [4.78, 5) is 32.3. The summed E-state index contributed by atoms with van der Waals surface area (Å²) in [5.41, 5.74) is 9.31. The van der Waals surface area contributed by atoms with Crippen molar-refractivity contribution in [2.24, 2.45) is 5.73 Å². The Balaban J connectivity index is 1.77. The van der Waals surface area contributed by atoms with Crippen molar-refractivity contribution in [1.29, 1.82) is 0 Å². The minimum absolute atomic E-state index is 0.0272. The average molecular weight is 465 g/mol. The average Bonchev–Trinajstić information content (AvgIpc) is 3.22. The third-order valence-corrected chi connectivity index (χ3v) is 5.13. The molecule has 1 aromatic carbocycles. The zero-order valence-electron chi connectivity index (χ0n) is 16.8. The van der Waals surface area contributed by atoms with E-state index in [0.29, 0.717) is 6.07 Å². The van der Waals surface area contributed by atoms with E-state index in [1.807, 2.05) is 0 Å². The maximum Gasteiger partial charge on any atom is 0.388 e. The van der Waals surface area contributed by atoms with E-state index in [1.54, 1.807) is 0 Å². The largest absolute Gasteiger partial charge is 0.417 e. The zero-order valence-corrected chi connectivity index (χ0v) is 16.8. The Kier molecular flexibility index (Phi) is 5.14. The Morgan fingerprint density at radius 3 is 2.64 bits per heavy atom.